The molecule has 0 spiro atoms. The Morgan fingerprint density at radius 2 is 1.93 bits per heavy atom. The number of carbonyl (C=O) groups is 2. The fourth-order valence-corrected chi connectivity index (χ4v) is 1.95. The lowest BCUT2D eigenvalue weighted by Gasteiger charge is -2.03. The van der Waals surface area contributed by atoms with Crippen molar-refractivity contribution < 1.29 is 9.59 Å². The molecule has 1 atom stereocenters. The molecular weight excluding hydrogens is 232 g/mol. The first-order valence-corrected chi connectivity index (χ1v) is 5.90. The number of Topliss-reactive ketones (excluding diaryl/α,β-unsaturated/α-hetero) is 1. The number of hydrogen-bond donors (Lipinski definition) is 0. The van der Waals surface area contributed by atoms with Crippen LogP contribution in [0.3, 0.4) is 0 Å². The van der Waals surface area contributed by atoms with Crippen LogP contribution in [0.25, 0.3) is 0 Å². The van der Waals surface area contributed by atoms with Gasteiger partial charge in [0, 0.05) is 11.3 Å². The van der Waals surface area contributed by atoms with E-state index in [1.54, 1.807) is 24.3 Å². The van der Waals surface area contributed by atoms with Crippen LogP contribution in [0.2, 0.25) is 0 Å². The molecule has 4 heteroatoms. The SMILES string of the molecule is CC(=O)[C@H](Cl)CSC(=O)c1ccccc1. The van der Waals surface area contributed by atoms with Gasteiger partial charge >= 0.3 is 0 Å². The largest absolute Gasteiger partial charge is 0.298 e. The van der Waals surface area contributed by atoms with E-state index in [0.717, 1.165) is 11.8 Å². The van der Waals surface area contributed by atoms with Crippen molar-refractivity contribution in [3.05, 3.63) is 35.9 Å². The number of halogens is 1. The molecule has 15 heavy (non-hydrogen) atoms. The van der Waals surface area contributed by atoms with Gasteiger partial charge in [0.25, 0.3) is 0 Å². The zero-order valence-corrected chi connectivity index (χ0v) is 9.85. The van der Waals surface area contributed by atoms with Crippen LogP contribution in [0.5, 0.6) is 0 Å². The van der Waals surface area contributed by atoms with Gasteiger partial charge in [-0.2, -0.15) is 0 Å². The maximum absolute atomic E-state index is 11.6. The standard InChI is InChI=1S/C11H11ClO2S/c1-8(13)10(12)7-15-11(14)9-5-3-2-4-6-9/h2-6,10H,7H2,1H3/t10-/m1/s1. The van der Waals surface area contributed by atoms with Gasteiger partial charge in [-0.05, 0) is 6.92 Å². The second-order valence-corrected chi connectivity index (χ2v) is 4.56. The van der Waals surface area contributed by atoms with E-state index in [2.05, 4.69) is 0 Å². The Kier molecular flexibility index (Phi) is 4.85. The number of carbonyl (C=O) groups excluding carboxylic acids is 2. The predicted molar refractivity (Wildman–Crippen MR) is 63.6 cm³/mol. The average Bonchev–Trinajstić information content (AvgIpc) is 2.26. The molecular formula is C11H11ClO2S. The summed E-state index contributed by atoms with van der Waals surface area (Å²) >= 11 is 6.80. The molecule has 0 radical (unpaired) electrons. The van der Waals surface area contributed by atoms with Crippen molar-refractivity contribution in [2.24, 2.45) is 0 Å². The summed E-state index contributed by atoms with van der Waals surface area (Å²) in [5, 5.41) is -0.634. The third-order valence-corrected chi connectivity index (χ3v) is 3.45. The summed E-state index contributed by atoms with van der Waals surface area (Å²) < 4.78 is 0. The van der Waals surface area contributed by atoms with Crippen molar-refractivity contribution in [2.75, 3.05) is 5.75 Å². The highest BCUT2D eigenvalue weighted by molar-refractivity contribution is 8.14. The topological polar surface area (TPSA) is 34.1 Å². The van der Waals surface area contributed by atoms with Crippen LogP contribution in [0.1, 0.15) is 17.3 Å². The summed E-state index contributed by atoms with van der Waals surface area (Å²) in [4.78, 5) is 22.4. The third kappa shape index (κ3) is 4.06. The number of rotatable bonds is 4. The highest BCUT2D eigenvalue weighted by Gasteiger charge is 2.13. The number of thioether (sulfide) groups is 1. The Morgan fingerprint density at radius 3 is 2.47 bits per heavy atom. The summed E-state index contributed by atoms with van der Waals surface area (Å²) in [6, 6.07) is 8.94. The minimum Gasteiger partial charge on any atom is -0.298 e. The zero-order chi connectivity index (χ0) is 11.3. The Bertz CT molecular complexity index is 351. The Morgan fingerprint density at radius 1 is 1.33 bits per heavy atom. The van der Waals surface area contributed by atoms with Crippen molar-refractivity contribution in [1.82, 2.24) is 0 Å². The van der Waals surface area contributed by atoms with E-state index in [0.29, 0.717) is 11.3 Å². The smallest absolute Gasteiger partial charge is 0.219 e. The summed E-state index contributed by atoms with van der Waals surface area (Å²) in [5.74, 6) is 0.218. The van der Waals surface area contributed by atoms with Gasteiger partial charge in [0.05, 0.1) is 0 Å². The molecule has 0 fully saturated rings. The van der Waals surface area contributed by atoms with E-state index in [1.165, 1.54) is 6.92 Å². The molecule has 0 amide bonds. The molecule has 1 aromatic rings. The van der Waals surface area contributed by atoms with Crippen molar-refractivity contribution in [3.63, 3.8) is 0 Å². The molecule has 2 nitrogen and oxygen atoms in total. The fourth-order valence-electron chi connectivity index (χ4n) is 0.924. The lowest BCUT2D eigenvalue weighted by Crippen LogP contribution is -2.14. The predicted octanol–water partition coefficient (Wildman–Crippen LogP) is 2.76. The molecule has 0 N–H and O–H groups in total. The quantitative estimate of drug-likeness (QED) is 0.762. The fraction of sp³-hybridized carbons (Fsp3) is 0.273. The van der Waals surface area contributed by atoms with Gasteiger partial charge in [0.15, 0.2) is 0 Å². The van der Waals surface area contributed by atoms with Crippen LogP contribution in [0.4, 0.5) is 0 Å². The van der Waals surface area contributed by atoms with Crippen molar-refractivity contribution >= 4 is 34.3 Å². The number of alkyl halides is 1. The Balaban J connectivity index is 2.47. The van der Waals surface area contributed by atoms with Gasteiger partial charge in [-0.25, -0.2) is 0 Å². The van der Waals surface area contributed by atoms with Crippen LogP contribution in [-0.2, 0) is 4.79 Å². The average molecular weight is 243 g/mol. The second-order valence-electron chi connectivity index (χ2n) is 3.04. The van der Waals surface area contributed by atoms with Gasteiger partial charge in [-0.1, -0.05) is 42.1 Å². The van der Waals surface area contributed by atoms with Crippen molar-refractivity contribution in [3.8, 4) is 0 Å². The zero-order valence-electron chi connectivity index (χ0n) is 8.27. The van der Waals surface area contributed by atoms with Crippen LogP contribution < -0.4 is 0 Å². The first kappa shape index (κ1) is 12.3. The molecule has 0 aromatic heterocycles. The molecule has 1 aromatic carbocycles. The lowest BCUT2D eigenvalue weighted by atomic mass is 10.2. The molecule has 0 aliphatic carbocycles. The Labute approximate surface area is 98.0 Å². The van der Waals surface area contributed by atoms with Gasteiger partial charge in [0.1, 0.15) is 11.2 Å². The monoisotopic (exact) mass is 242 g/mol. The normalized spacial score (nSPS) is 12.1. The molecule has 0 saturated heterocycles. The van der Waals surface area contributed by atoms with Crippen LogP contribution >= 0.6 is 23.4 Å². The van der Waals surface area contributed by atoms with Crippen LogP contribution in [0.15, 0.2) is 30.3 Å². The highest BCUT2D eigenvalue weighted by Crippen LogP contribution is 2.15. The van der Waals surface area contributed by atoms with E-state index in [1.807, 2.05) is 6.07 Å². The molecule has 0 saturated carbocycles. The number of benzene rings is 1. The summed E-state index contributed by atoms with van der Waals surface area (Å²) in [6.07, 6.45) is 0. The van der Waals surface area contributed by atoms with Gasteiger partial charge in [-0.15, -0.1) is 11.6 Å². The van der Waals surface area contributed by atoms with E-state index in [9.17, 15) is 9.59 Å². The van der Waals surface area contributed by atoms with E-state index >= 15 is 0 Å². The summed E-state index contributed by atoms with van der Waals surface area (Å²) in [5.41, 5.74) is 0.634. The highest BCUT2D eigenvalue weighted by atomic mass is 35.5. The summed E-state index contributed by atoms with van der Waals surface area (Å²) in [7, 11) is 0. The summed E-state index contributed by atoms with van der Waals surface area (Å²) in [6.45, 7) is 1.42. The number of ketones is 1. The number of hydrogen-bond acceptors (Lipinski definition) is 3. The lowest BCUT2D eigenvalue weighted by molar-refractivity contribution is -0.116. The van der Waals surface area contributed by atoms with Crippen molar-refractivity contribution in [1.29, 1.82) is 0 Å². The molecule has 80 valence electrons. The maximum atomic E-state index is 11.6. The molecule has 0 aliphatic heterocycles. The first-order valence-electron chi connectivity index (χ1n) is 4.48. The van der Waals surface area contributed by atoms with Gasteiger partial charge < -0.3 is 0 Å². The molecule has 0 aliphatic rings. The van der Waals surface area contributed by atoms with E-state index in [4.69, 9.17) is 11.6 Å². The first-order chi connectivity index (χ1) is 7.11. The van der Waals surface area contributed by atoms with Gasteiger partial charge in [-0.3, -0.25) is 9.59 Å². The maximum Gasteiger partial charge on any atom is 0.219 e. The second kappa shape index (κ2) is 5.93. The van der Waals surface area contributed by atoms with Crippen LogP contribution in [0, 0.1) is 0 Å². The van der Waals surface area contributed by atoms with E-state index in [-0.39, 0.29) is 10.9 Å². The molecule has 0 heterocycles. The molecule has 0 bridgehead atoms. The minimum absolute atomic E-state index is 0.0532. The van der Waals surface area contributed by atoms with Crippen LogP contribution in [-0.4, -0.2) is 22.0 Å². The minimum atomic E-state index is -0.581. The van der Waals surface area contributed by atoms with Gasteiger partial charge in [0.2, 0.25) is 5.12 Å². The van der Waals surface area contributed by atoms with E-state index < -0.39 is 5.38 Å². The molecule has 0 unspecified atom stereocenters. The third-order valence-electron chi connectivity index (χ3n) is 1.81. The van der Waals surface area contributed by atoms with Crippen molar-refractivity contribution in [2.45, 2.75) is 12.3 Å². The molecule has 1 rings (SSSR count). The Hall–Kier alpha value is -0.800.